The number of methoxy groups -OCH3 is 2. The molecule has 1 saturated heterocycles. The van der Waals surface area contributed by atoms with Gasteiger partial charge in [0.15, 0.2) is 17.5 Å². The number of ether oxygens (including phenoxy) is 4. The predicted molar refractivity (Wildman–Crippen MR) is 115 cm³/mol. The number of benzene rings is 1. The molecule has 1 aromatic rings. The van der Waals surface area contributed by atoms with Crippen LogP contribution in [0.5, 0.6) is 11.5 Å². The molecule has 1 fully saturated rings. The van der Waals surface area contributed by atoms with Crippen LogP contribution in [-0.2, 0) is 9.47 Å². The van der Waals surface area contributed by atoms with E-state index in [1.54, 1.807) is 21.3 Å². The number of nitrogens with zero attached hydrogens (tertiary/aromatic N) is 2. The average molecular weight is 409 g/mol. The van der Waals surface area contributed by atoms with E-state index in [9.17, 15) is 0 Å². The van der Waals surface area contributed by atoms with Crippen LogP contribution in [0.2, 0.25) is 0 Å². The number of hydrogen-bond acceptors (Lipinski definition) is 6. The van der Waals surface area contributed by atoms with E-state index < -0.39 is 0 Å². The van der Waals surface area contributed by atoms with Crippen LogP contribution in [0.25, 0.3) is 0 Å². The van der Waals surface area contributed by atoms with Gasteiger partial charge in [-0.25, -0.2) is 0 Å². The molecule has 0 amide bonds. The molecule has 1 aliphatic heterocycles. The topological polar surface area (TPSA) is 76.6 Å². The number of guanidine groups is 1. The molecular formula is C21H36N4O4. The van der Waals surface area contributed by atoms with Crippen molar-refractivity contribution in [1.82, 2.24) is 15.5 Å². The first-order valence-corrected chi connectivity index (χ1v) is 10.3. The van der Waals surface area contributed by atoms with Gasteiger partial charge < -0.3 is 29.6 Å². The standard InChI is InChI=1S/C21H36N4O4/c1-5-28-12-6-9-23-21(22-2)24-16-18(25-10-13-29-14-11-25)17-7-8-19(26-3)20(15-17)27-4/h7-8,15,18H,5-6,9-14,16H2,1-4H3,(H2,22,23,24). The zero-order chi connectivity index (χ0) is 20.9. The molecule has 1 aromatic carbocycles. The predicted octanol–water partition coefficient (Wildman–Crippen LogP) is 1.67. The third-order valence-corrected chi connectivity index (χ3v) is 4.93. The van der Waals surface area contributed by atoms with Crippen molar-refractivity contribution in [2.75, 3.05) is 73.9 Å². The Hall–Kier alpha value is -2.03. The van der Waals surface area contributed by atoms with E-state index in [4.69, 9.17) is 18.9 Å². The van der Waals surface area contributed by atoms with Crippen LogP contribution >= 0.6 is 0 Å². The van der Waals surface area contributed by atoms with Crippen LogP contribution < -0.4 is 20.1 Å². The minimum Gasteiger partial charge on any atom is -0.493 e. The molecule has 1 atom stereocenters. The monoisotopic (exact) mass is 408 g/mol. The van der Waals surface area contributed by atoms with Crippen LogP contribution in [0.15, 0.2) is 23.2 Å². The Labute approximate surface area is 174 Å². The molecule has 1 heterocycles. The summed E-state index contributed by atoms with van der Waals surface area (Å²) >= 11 is 0. The Morgan fingerprint density at radius 2 is 1.93 bits per heavy atom. The van der Waals surface area contributed by atoms with Gasteiger partial charge in [-0.3, -0.25) is 9.89 Å². The fourth-order valence-electron chi connectivity index (χ4n) is 3.35. The zero-order valence-corrected chi connectivity index (χ0v) is 18.2. The van der Waals surface area contributed by atoms with Gasteiger partial charge in [0.2, 0.25) is 0 Å². The summed E-state index contributed by atoms with van der Waals surface area (Å²) in [5.41, 5.74) is 1.17. The highest BCUT2D eigenvalue weighted by Gasteiger charge is 2.24. The van der Waals surface area contributed by atoms with Crippen molar-refractivity contribution in [1.29, 1.82) is 0 Å². The Morgan fingerprint density at radius 1 is 1.17 bits per heavy atom. The highest BCUT2D eigenvalue weighted by atomic mass is 16.5. The van der Waals surface area contributed by atoms with Crippen molar-refractivity contribution in [2.45, 2.75) is 19.4 Å². The summed E-state index contributed by atoms with van der Waals surface area (Å²) in [6.07, 6.45) is 0.942. The van der Waals surface area contributed by atoms with E-state index in [-0.39, 0.29) is 6.04 Å². The maximum absolute atomic E-state index is 5.54. The van der Waals surface area contributed by atoms with E-state index in [0.717, 1.165) is 76.5 Å². The summed E-state index contributed by atoms with van der Waals surface area (Å²) in [5, 5.41) is 6.82. The molecule has 0 bridgehead atoms. The van der Waals surface area contributed by atoms with Crippen LogP contribution in [0.1, 0.15) is 24.9 Å². The highest BCUT2D eigenvalue weighted by Crippen LogP contribution is 2.32. The van der Waals surface area contributed by atoms with Gasteiger partial charge in [0, 0.05) is 46.4 Å². The van der Waals surface area contributed by atoms with Crippen LogP contribution in [0.3, 0.4) is 0 Å². The minimum atomic E-state index is 0.167. The van der Waals surface area contributed by atoms with Gasteiger partial charge in [-0.2, -0.15) is 0 Å². The van der Waals surface area contributed by atoms with E-state index >= 15 is 0 Å². The fourth-order valence-corrected chi connectivity index (χ4v) is 3.35. The van der Waals surface area contributed by atoms with Crippen molar-refractivity contribution in [2.24, 2.45) is 4.99 Å². The molecule has 29 heavy (non-hydrogen) atoms. The molecule has 1 aliphatic rings. The molecule has 0 aliphatic carbocycles. The molecule has 2 rings (SSSR count). The SMILES string of the molecule is CCOCCCNC(=NC)NCC(c1ccc(OC)c(OC)c1)N1CCOCC1. The van der Waals surface area contributed by atoms with E-state index in [0.29, 0.717) is 0 Å². The maximum Gasteiger partial charge on any atom is 0.191 e. The summed E-state index contributed by atoms with van der Waals surface area (Å²) < 4.78 is 21.8. The Balaban J connectivity index is 2.04. The smallest absolute Gasteiger partial charge is 0.191 e. The second-order valence-corrected chi connectivity index (χ2v) is 6.71. The lowest BCUT2D eigenvalue weighted by Gasteiger charge is -2.35. The molecule has 0 saturated carbocycles. The first kappa shape index (κ1) is 23.3. The van der Waals surface area contributed by atoms with Gasteiger partial charge in [0.05, 0.1) is 33.5 Å². The summed E-state index contributed by atoms with van der Waals surface area (Å²) in [7, 11) is 5.11. The second kappa shape index (κ2) is 13.2. The van der Waals surface area contributed by atoms with Crippen molar-refractivity contribution >= 4 is 5.96 Å². The van der Waals surface area contributed by atoms with Gasteiger partial charge in [0.1, 0.15) is 0 Å². The number of rotatable bonds is 11. The lowest BCUT2D eigenvalue weighted by molar-refractivity contribution is 0.0169. The Kier molecular flexibility index (Phi) is 10.6. The first-order chi connectivity index (χ1) is 14.2. The number of nitrogens with one attached hydrogen (secondary N) is 2. The van der Waals surface area contributed by atoms with E-state index in [1.165, 1.54) is 5.56 Å². The van der Waals surface area contributed by atoms with Crippen molar-refractivity contribution in [3.05, 3.63) is 23.8 Å². The Bertz CT molecular complexity index is 621. The van der Waals surface area contributed by atoms with Gasteiger partial charge in [-0.15, -0.1) is 0 Å². The molecule has 164 valence electrons. The van der Waals surface area contributed by atoms with Crippen LogP contribution in [0.4, 0.5) is 0 Å². The molecule has 8 nitrogen and oxygen atoms in total. The summed E-state index contributed by atoms with van der Waals surface area (Å²) in [4.78, 5) is 6.77. The van der Waals surface area contributed by atoms with Crippen LogP contribution in [0, 0.1) is 0 Å². The van der Waals surface area contributed by atoms with Gasteiger partial charge in [-0.05, 0) is 31.0 Å². The highest BCUT2D eigenvalue weighted by molar-refractivity contribution is 5.79. The average Bonchev–Trinajstić information content (AvgIpc) is 2.78. The number of morpholine rings is 1. The summed E-state index contributed by atoms with van der Waals surface area (Å²) in [6, 6.07) is 6.28. The Morgan fingerprint density at radius 3 is 2.59 bits per heavy atom. The molecule has 1 unspecified atom stereocenters. The first-order valence-electron chi connectivity index (χ1n) is 10.3. The summed E-state index contributed by atoms with van der Waals surface area (Å²) in [5.74, 6) is 2.26. The molecule has 0 aromatic heterocycles. The molecule has 2 N–H and O–H groups in total. The number of aliphatic imine (C=N–C) groups is 1. The van der Waals surface area contributed by atoms with E-state index in [1.807, 2.05) is 13.0 Å². The second-order valence-electron chi connectivity index (χ2n) is 6.71. The molecular weight excluding hydrogens is 372 g/mol. The van der Waals surface area contributed by atoms with Crippen LogP contribution in [-0.4, -0.2) is 84.7 Å². The number of hydrogen-bond donors (Lipinski definition) is 2. The van der Waals surface area contributed by atoms with Crippen molar-refractivity contribution in [3.8, 4) is 11.5 Å². The van der Waals surface area contributed by atoms with Crippen molar-refractivity contribution < 1.29 is 18.9 Å². The van der Waals surface area contributed by atoms with Gasteiger partial charge in [0.25, 0.3) is 0 Å². The molecule has 8 heteroatoms. The zero-order valence-electron chi connectivity index (χ0n) is 18.2. The molecule has 0 spiro atoms. The maximum atomic E-state index is 5.54. The van der Waals surface area contributed by atoms with Crippen molar-refractivity contribution in [3.63, 3.8) is 0 Å². The lowest BCUT2D eigenvalue weighted by atomic mass is 10.0. The quantitative estimate of drug-likeness (QED) is 0.328. The third kappa shape index (κ3) is 7.38. The minimum absolute atomic E-state index is 0.167. The largest absolute Gasteiger partial charge is 0.493 e. The van der Waals surface area contributed by atoms with Gasteiger partial charge >= 0.3 is 0 Å². The van der Waals surface area contributed by atoms with Gasteiger partial charge in [-0.1, -0.05) is 6.07 Å². The third-order valence-electron chi connectivity index (χ3n) is 4.93. The summed E-state index contributed by atoms with van der Waals surface area (Å²) in [6.45, 7) is 8.32. The normalized spacial score (nSPS) is 16.3. The fraction of sp³-hybridized carbons (Fsp3) is 0.667. The van der Waals surface area contributed by atoms with E-state index in [2.05, 4.69) is 32.7 Å². The lowest BCUT2D eigenvalue weighted by Crippen LogP contribution is -2.46. The molecule has 0 radical (unpaired) electrons.